The topological polar surface area (TPSA) is 243 Å². The Kier molecular flexibility index (Phi) is 8.02. The number of aromatic hydroxyl groups is 1. The number of azo groups is 1. The predicted octanol–water partition coefficient (Wildman–Crippen LogP) is 5.32. The Labute approximate surface area is 256 Å². The molecule has 5 aromatic carbocycles. The molecule has 0 bridgehead atoms. The lowest BCUT2D eigenvalue weighted by Gasteiger charge is -2.14. The zero-order valence-electron chi connectivity index (χ0n) is 23.0. The second-order valence-corrected chi connectivity index (χ2v) is 14.0. The average Bonchev–Trinajstić information content (AvgIpc) is 2.94. The summed E-state index contributed by atoms with van der Waals surface area (Å²) in [4.78, 5) is -2.36. The van der Waals surface area contributed by atoms with Gasteiger partial charge in [-0.15, -0.1) is 10.2 Å². The van der Waals surface area contributed by atoms with Crippen molar-refractivity contribution in [1.29, 1.82) is 0 Å². The molecule has 0 saturated carbocycles. The van der Waals surface area contributed by atoms with E-state index in [9.17, 15) is 44.0 Å². The summed E-state index contributed by atoms with van der Waals surface area (Å²) in [5.41, 5.74) is 6.55. The van der Waals surface area contributed by atoms with Crippen molar-refractivity contribution in [2.24, 2.45) is 10.2 Å². The first-order valence-corrected chi connectivity index (χ1v) is 16.9. The molecule has 0 radical (unpaired) electrons. The summed E-state index contributed by atoms with van der Waals surface area (Å²) in [5, 5.41) is 17.3. The number of ether oxygens (including phenoxy) is 1. The van der Waals surface area contributed by atoms with Crippen LogP contribution in [0, 0.1) is 6.92 Å². The summed E-state index contributed by atoms with van der Waals surface area (Å²) in [7, 11) is -15.0. The quantitative estimate of drug-likeness (QED) is 0.0798. The fourth-order valence-electron chi connectivity index (χ4n) is 4.64. The third-order valence-corrected chi connectivity index (χ3v) is 9.41. The Balaban J connectivity index is 1.72. The third kappa shape index (κ3) is 6.44. The number of phenolic OH excluding ortho intramolecular Hbond substituents is 1. The molecule has 6 N–H and O–H groups in total. The highest BCUT2D eigenvalue weighted by atomic mass is 32.2. The molecule has 0 aliphatic carbocycles. The van der Waals surface area contributed by atoms with Crippen molar-refractivity contribution in [2.75, 3.05) is 5.73 Å². The molecule has 234 valence electrons. The molecule has 0 amide bonds. The monoisotopic (exact) mass is 673 g/mol. The highest BCUT2D eigenvalue weighted by Crippen LogP contribution is 2.43. The van der Waals surface area contributed by atoms with Crippen LogP contribution in [0.1, 0.15) is 11.1 Å². The molecule has 5 aromatic rings. The van der Waals surface area contributed by atoms with Gasteiger partial charge in [0.2, 0.25) is 0 Å². The van der Waals surface area contributed by atoms with E-state index in [0.29, 0.717) is 5.56 Å². The van der Waals surface area contributed by atoms with Gasteiger partial charge in [0.15, 0.2) is 0 Å². The largest absolute Gasteiger partial charge is 0.507 e. The number of fused-ring (bicyclic) bond motifs is 2. The molecule has 0 unspecified atom stereocenters. The number of hydrogen-bond acceptors (Lipinski definition) is 11. The Bertz CT molecular complexity index is 2380. The van der Waals surface area contributed by atoms with Crippen molar-refractivity contribution >= 4 is 69.0 Å². The van der Waals surface area contributed by atoms with E-state index in [1.807, 2.05) is 19.1 Å². The van der Waals surface area contributed by atoms with Crippen LogP contribution in [0.4, 0.5) is 17.1 Å². The van der Waals surface area contributed by atoms with E-state index >= 15 is 0 Å². The van der Waals surface area contributed by atoms with Crippen LogP contribution in [-0.2, 0) is 37.0 Å². The van der Waals surface area contributed by atoms with E-state index in [2.05, 4.69) is 10.2 Å². The van der Waals surface area contributed by atoms with Gasteiger partial charge in [0.1, 0.15) is 39.3 Å². The number of benzene rings is 5. The zero-order chi connectivity index (χ0) is 32.9. The molecule has 0 heterocycles. The molecule has 0 aliphatic rings. The molecule has 17 heteroatoms. The number of nitrogens with zero attached hydrogens (tertiary/aromatic N) is 2. The van der Waals surface area contributed by atoms with Crippen LogP contribution in [0.25, 0.3) is 21.5 Å². The SMILES string of the molecule is Cc1ccc(COc2cc(S(=O)(=O)O)cc3c(S(=O)(=O)O)c(/N=N/c4cc(S(=O)(=O)O)c5cccc(O)c5c4N)ccc23)cc1. The summed E-state index contributed by atoms with van der Waals surface area (Å²) in [6.45, 7) is 1.81. The van der Waals surface area contributed by atoms with E-state index in [4.69, 9.17) is 10.5 Å². The highest BCUT2D eigenvalue weighted by Gasteiger charge is 2.25. The Hall–Kier alpha value is -4.65. The normalized spacial score (nSPS) is 12.7. The van der Waals surface area contributed by atoms with Gasteiger partial charge in [-0.3, -0.25) is 13.7 Å². The minimum Gasteiger partial charge on any atom is -0.507 e. The highest BCUT2D eigenvalue weighted by molar-refractivity contribution is 7.86. The van der Waals surface area contributed by atoms with Crippen molar-refractivity contribution in [3.8, 4) is 11.5 Å². The fourth-order valence-corrected chi connectivity index (χ4v) is 6.69. The molecule has 0 saturated heterocycles. The molecule has 14 nitrogen and oxygen atoms in total. The molecule has 5 rings (SSSR count). The average molecular weight is 674 g/mol. The number of nitrogens with two attached hydrogens (primary N) is 1. The molecular formula is C28H23N3O11S3. The molecular weight excluding hydrogens is 651 g/mol. The van der Waals surface area contributed by atoms with E-state index in [1.165, 1.54) is 24.3 Å². The lowest BCUT2D eigenvalue weighted by atomic mass is 10.1. The maximum atomic E-state index is 12.7. The maximum absolute atomic E-state index is 12.7. The van der Waals surface area contributed by atoms with E-state index in [0.717, 1.165) is 29.8 Å². The fraction of sp³-hybridized carbons (Fsp3) is 0.0714. The van der Waals surface area contributed by atoms with Gasteiger partial charge in [-0.25, -0.2) is 0 Å². The third-order valence-electron chi connectivity index (χ3n) is 6.74. The van der Waals surface area contributed by atoms with Gasteiger partial charge in [-0.1, -0.05) is 42.0 Å². The van der Waals surface area contributed by atoms with Crippen molar-refractivity contribution in [1.82, 2.24) is 0 Å². The molecule has 0 spiro atoms. The Morgan fingerprint density at radius 2 is 1.40 bits per heavy atom. The van der Waals surface area contributed by atoms with Gasteiger partial charge >= 0.3 is 0 Å². The van der Waals surface area contributed by atoms with Gasteiger partial charge in [-0.2, -0.15) is 25.3 Å². The van der Waals surface area contributed by atoms with Crippen molar-refractivity contribution in [2.45, 2.75) is 28.2 Å². The molecule has 0 atom stereocenters. The molecule has 0 aliphatic heterocycles. The van der Waals surface area contributed by atoms with Gasteiger partial charge in [0.05, 0.1) is 16.0 Å². The van der Waals surface area contributed by atoms with Crippen LogP contribution in [-0.4, -0.2) is 44.0 Å². The first-order chi connectivity index (χ1) is 20.9. The van der Waals surface area contributed by atoms with Gasteiger partial charge in [-0.05, 0) is 42.8 Å². The van der Waals surface area contributed by atoms with Crippen molar-refractivity contribution < 1.29 is 48.8 Å². The first kappa shape index (κ1) is 31.8. The lowest BCUT2D eigenvalue weighted by Crippen LogP contribution is -2.05. The summed E-state index contributed by atoms with van der Waals surface area (Å²) < 4.78 is 109. The minimum absolute atomic E-state index is 0.0184. The molecule has 45 heavy (non-hydrogen) atoms. The molecule has 0 aromatic heterocycles. The van der Waals surface area contributed by atoms with Gasteiger partial charge < -0.3 is 15.6 Å². The van der Waals surface area contributed by atoms with Crippen LogP contribution in [0.15, 0.2) is 97.7 Å². The second-order valence-electron chi connectivity index (χ2n) is 9.84. The van der Waals surface area contributed by atoms with Crippen molar-refractivity contribution in [3.63, 3.8) is 0 Å². The predicted molar refractivity (Wildman–Crippen MR) is 163 cm³/mol. The molecule has 0 fully saturated rings. The number of anilines is 1. The van der Waals surface area contributed by atoms with Gasteiger partial charge in [0.25, 0.3) is 30.4 Å². The minimum atomic E-state index is -5.19. The van der Waals surface area contributed by atoms with Crippen LogP contribution < -0.4 is 10.5 Å². The summed E-state index contributed by atoms with van der Waals surface area (Å²) in [6.07, 6.45) is 0. The van der Waals surface area contributed by atoms with Gasteiger partial charge in [0, 0.05) is 22.2 Å². The number of hydrogen-bond donors (Lipinski definition) is 5. The Morgan fingerprint density at radius 3 is 2.02 bits per heavy atom. The van der Waals surface area contributed by atoms with Crippen molar-refractivity contribution in [3.05, 3.63) is 83.9 Å². The Morgan fingerprint density at radius 1 is 0.733 bits per heavy atom. The number of rotatable bonds is 8. The van der Waals surface area contributed by atoms with Crippen LogP contribution in [0.2, 0.25) is 0 Å². The standard InChI is InChI=1S/C28H23N3O11S3/c1-15-5-7-16(8-6-15)14-42-24-12-17(43(33,34)35)11-20-18(24)9-10-21(28(20)45(39,40)41)30-31-22-13-25(44(36,37)38)19-3-2-4-23(32)26(19)27(22)29/h2-13,32H,14,29H2,1H3,(H,33,34,35)(H,36,37,38)(H,39,40,41)/b31-30+. The van der Waals surface area contributed by atoms with E-state index < -0.39 is 67.6 Å². The second kappa shape index (κ2) is 11.4. The van der Waals surface area contributed by atoms with Crippen LogP contribution >= 0.6 is 0 Å². The first-order valence-electron chi connectivity index (χ1n) is 12.6. The summed E-state index contributed by atoms with van der Waals surface area (Å²) in [5.74, 6) is -0.603. The number of aryl methyl sites for hydroxylation is 1. The summed E-state index contributed by atoms with van der Waals surface area (Å²) in [6, 6.07) is 16.0. The number of nitrogen functional groups attached to an aromatic ring is 1. The zero-order valence-corrected chi connectivity index (χ0v) is 25.4. The number of phenols is 1. The van der Waals surface area contributed by atoms with E-state index in [1.54, 1.807) is 12.1 Å². The van der Waals surface area contributed by atoms with E-state index in [-0.39, 0.29) is 34.2 Å². The smallest absolute Gasteiger partial charge is 0.297 e. The maximum Gasteiger partial charge on any atom is 0.297 e. The lowest BCUT2D eigenvalue weighted by molar-refractivity contribution is 0.309. The van der Waals surface area contributed by atoms with Crippen LogP contribution in [0.5, 0.6) is 11.5 Å². The van der Waals surface area contributed by atoms with Crippen LogP contribution in [0.3, 0.4) is 0 Å². The summed E-state index contributed by atoms with van der Waals surface area (Å²) >= 11 is 0.